The standard InChI is InChI=1S/C27H15N3O3/c28-16-32-26-9-3-20(4-10-26)23-13-22(19-1-7-25(8-2-19)30-18-31)14-24(15-23)21-5-11-27(12-6-21)33-17-29/h1-15H. The van der Waals surface area contributed by atoms with Crippen LogP contribution in [-0.4, -0.2) is 6.08 Å². The molecular formula is C27H15N3O3. The summed E-state index contributed by atoms with van der Waals surface area (Å²) in [6.45, 7) is 0. The summed E-state index contributed by atoms with van der Waals surface area (Å²) in [5.41, 5.74) is 6.31. The van der Waals surface area contributed by atoms with E-state index in [0.29, 0.717) is 17.2 Å². The van der Waals surface area contributed by atoms with E-state index in [1.165, 1.54) is 0 Å². The van der Waals surface area contributed by atoms with Crippen LogP contribution in [0, 0.1) is 23.0 Å². The molecule has 6 heteroatoms. The molecule has 0 aliphatic carbocycles. The first-order valence-electron chi connectivity index (χ1n) is 9.86. The molecule has 0 spiro atoms. The predicted molar refractivity (Wildman–Crippen MR) is 123 cm³/mol. The third-order valence-electron chi connectivity index (χ3n) is 5.01. The van der Waals surface area contributed by atoms with Gasteiger partial charge in [0.05, 0.1) is 5.69 Å². The van der Waals surface area contributed by atoms with Crippen molar-refractivity contribution >= 4 is 11.8 Å². The second-order valence-electron chi connectivity index (χ2n) is 6.98. The molecule has 0 aromatic heterocycles. The van der Waals surface area contributed by atoms with Gasteiger partial charge in [0, 0.05) is 0 Å². The van der Waals surface area contributed by atoms with Gasteiger partial charge in [0.25, 0.3) is 12.5 Å². The first-order valence-corrected chi connectivity index (χ1v) is 9.86. The molecular weight excluding hydrogens is 414 g/mol. The predicted octanol–water partition coefficient (Wildman–Crippen LogP) is 6.37. The van der Waals surface area contributed by atoms with Crippen molar-refractivity contribution in [2.45, 2.75) is 0 Å². The van der Waals surface area contributed by atoms with Crippen molar-refractivity contribution in [1.82, 2.24) is 0 Å². The van der Waals surface area contributed by atoms with Gasteiger partial charge < -0.3 is 9.47 Å². The topological polar surface area (TPSA) is 95.5 Å². The maximum atomic E-state index is 10.5. The fourth-order valence-electron chi connectivity index (χ4n) is 3.44. The fourth-order valence-corrected chi connectivity index (χ4v) is 3.44. The van der Waals surface area contributed by atoms with Crippen molar-refractivity contribution in [3.8, 4) is 57.4 Å². The summed E-state index contributed by atoms with van der Waals surface area (Å²) < 4.78 is 9.76. The molecule has 0 radical (unpaired) electrons. The molecule has 33 heavy (non-hydrogen) atoms. The van der Waals surface area contributed by atoms with E-state index in [1.54, 1.807) is 55.0 Å². The molecule has 0 aliphatic rings. The highest BCUT2D eigenvalue weighted by molar-refractivity contribution is 5.81. The maximum Gasteiger partial charge on any atom is 0.292 e. The molecule has 4 aromatic carbocycles. The molecule has 0 atom stereocenters. The molecule has 0 saturated heterocycles. The lowest BCUT2D eigenvalue weighted by Gasteiger charge is -2.12. The first kappa shape index (κ1) is 21.1. The summed E-state index contributed by atoms with van der Waals surface area (Å²) in [6.07, 6.45) is 4.88. The normalized spacial score (nSPS) is 9.76. The molecule has 0 heterocycles. The zero-order chi connectivity index (χ0) is 23.0. The van der Waals surface area contributed by atoms with Gasteiger partial charge >= 0.3 is 0 Å². The number of rotatable bonds is 6. The van der Waals surface area contributed by atoms with E-state index in [1.807, 2.05) is 36.4 Å². The van der Waals surface area contributed by atoms with Gasteiger partial charge in [-0.15, -0.1) is 10.5 Å². The van der Waals surface area contributed by atoms with Crippen LogP contribution in [-0.2, 0) is 4.79 Å². The Labute approximate surface area is 190 Å². The van der Waals surface area contributed by atoms with Gasteiger partial charge in [0.15, 0.2) is 0 Å². The molecule has 4 aromatic rings. The van der Waals surface area contributed by atoms with Crippen molar-refractivity contribution < 1.29 is 14.3 Å². The van der Waals surface area contributed by atoms with Gasteiger partial charge in [0.2, 0.25) is 6.08 Å². The van der Waals surface area contributed by atoms with Crippen LogP contribution in [0.1, 0.15) is 0 Å². The van der Waals surface area contributed by atoms with E-state index >= 15 is 0 Å². The third-order valence-corrected chi connectivity index (χ3v) is 5.01. The van der Waals surface area contributed by atoms with Gasteiger partial charge in [-0.25, -0.2) is 4.79 Å². The van der Waals surface area contributed by atoms with Crippen LogP contribution in [0.2, 0.25) is 0 Å². The zero-order valence-corrected chi connectivity index (χ0v) is 17.2. The van der Waals surface area contributed by atoms with E-state index in [0.717, 1.165) is 33.4 Å². The summed E-state index contributed by atoms with van der Waals surface area (Å²) in [6, 6.07) is 28.0. The highest BCUT2D eigenvalue weighted by atomic mass is 16.5. The molecule has 0 N–H and O–H groups in total. The molecule has 6 nitrogen and oxygen atoms in total. The average Bonchev–Trinajstić information content (AvgIpc) is 2.86. The minimum Gasteiger partial charge on any atom is -0.388 e. The van der Waals surface area contributed by atoms with Crippen LogP contribution in [0.15, 0.2) is 96.0 Å². The van der Waals surface area contributed by atoms with Gasteiger partial charge in [0.1, 0.15) is 11.5 Å². The number of hydrogen-bond acceptors (Lipinski definition) is 6. The van der Waals surface area contributed by atoms with Crippen molar-refractivity contribution in [2.24, 2.45) is 4.99 Å². The van der Waals surface area contributed by atoms with Crippen molar-refractivity contribution in [2.75, 3.05) is 0 Å². The van der Waals surface area contributed by atoms with E-state index in [4.69, 9.17) is 20.0 Å². The lowest BCUT2D eigenvalue weighted by atomic mass is 9.93. The Bertz CT molecular complexity index is 1330. The molecule has 0 amide bonds. The second-order valence-corrected chi connectivity index (χ2v) is 6.98. The largest absolute Gasteiger partial charge is 0.388 e. The monoisotopic (exact) mass is 429 g/mol. The Kier molecular flexibility index (Phi) is 6.24. The Morgan fingerprint density at radius 3 is 1.24 bits per heavy atom. The van der Waals surface area contributed by atoms with Gasteiger partial charge in [-0.2, -0.15) is 4.99 Å². The number of nitriles is 2. The second kappa shape index (κ2) is 9.76. The highest BCUT2D eigenvalue weighted by Crippen LogP contribution is 2.34. The Hall–Kier alpha value is -5.16. The van der Waals surface area contributed by atoms with Gasteiger partial charge in [-0.3, -0.25) is 0 Å². The van der Waals surface area contributed by atoms with Crippen LogP contribution in [0.25, 0.3) is 33.4 Å². The summed E-state index contributed by atoms with van der Waals surface area (Å²) >= 11 is 0. The molecule has 0 bridgehead atoms. The van der Waals surface area contributed by atoms with Crippen molar-refractivity contribution in [3.05, 3.63) is 91.0 Å². The highest BCUT2D eigenvalue weighted by Gasteiger charge is 2.09. The number of ether oxygens (including phenoxy) is 2. The van der Waals surface area contributed by atoms with E-state index in [9.17, 15) is 4.79 Å². The summed E-state index contributed by atoms with van der Waals surface area (Å²) in [5, 5.41) is 17.4. The molecule has 0 unspecified atom stereocenters. The van der Waals surface area contributed by atoms with Crippen molar-refractivity contribution in [3.63, 3.8) is 0 Å². The third kappa shape index (κ3) is 4.95. The Balaban J connectivity index is 1.81. The SMILES string of the molecule is N#COc1ccc(-c2cc(-c3ccc(N=C=O)cc3)cc(-c3ccc(OC#N)cc3)c2)cc1. The molecule has 0 saturated carbocycles. The minimum absolute atomic E-state index is 0.469. The van der Waals surface area contributed by atoms with Crippen LogP contribution in [0.3, 0.4) is 0 Å². The smallest absolute Gasteiger partial charge is 0.292 e. The minimum atomic E-state index is 0.469. The lowest BCUT2D eigenvalue weighted by molar-refractivity contribution is 0.507. The molecule has 156 valence electrons. The molecule has 0 fully saturated rings. The van der Waals surface area contributed by atoms with Gasteiger partial charge in [-0.1, -0.05) is 36.4 Å². The Morgan fingerprint density at radius 1 is 0.545 bits per heavy atom. The summed E-state index contributed by atoms with van der Waals surface area (Å²) in [4.78, 5) is 14.2. The van der Waals surface area contributed by atoms with Crippen LogP contribution in [0.4, 0.5) is 5.69 Å². The summed E-state index contributed by atoms with van der Waals surface area (Å²) in [7, 11) is 0. The quantitative estimate of drug-likeness (QED) is 0.201. The van der Waals surface area contributed by atoms with Crippen LogP contribution >= 0.6 is 0 Å². The number of hydrogen-bond donors (Lipinski definition) is 0. The van der Waals surface area contributed by atoms with Crippen LogP contribution < -0.4 is 9.47 Å². The molecule has 0 aliphatic heterocycles. The number of benzene rings is 4. The number of isocyanates is 1. The molecule has 4 rings (SSSR count). The average molecular weight is 429 g/mol. The lowest BCUT2D eigenvalue weighted by Crippen LogP contribution is -1.87. The number of aliphatic imine (C=N–C) groups is 1. The summed E-state index contributed by atoms with van der Waals surface area (Å²) in [5.74, 6) is 0.939. The van der Waals surface area contributed by atoms with E-state index in [2.05, 4.69) is 23.2 Å². The number of nitrogens with zero attached hydrogens (tertiary/aromatic N) is 3. The Morgan fingerprint density at radius 2 is 0.909 bits per heavy atom. The zero-order valence-electron chi connectivity index (χ0n) is 17.2. The fraction of sp³-hybridized carbons (Fsp3) is 0. The maximum absolute atomic E-state index is 10.5. The first-order chi connectivity index (χ1) is 16.2. The number of carbonyl (C=O) groups excluding carboxylic acids is 1. The van der Waals surface area contributed by atoms with E-state index in [-0.39, 0.29) is 0 Å². The van der Waals surface area contributed by atoms with Crippen molar-refractivity contribution in [1.29, 1.82) is 10.5 Å². The van der Waals surface area contributed by atoms with Gasteiger partial charge in [-0.05, 0) is 88.0 Å². The van der Waals surface area contributed by atoms with Crippen LogP contribution in [0.5, 0.6) is 11.5 Å². The van der Waals surface area contributed by atoms with E-state index < -0.39 is 0 Å².